The molecule has 0 saturated heterocycles. The van der Waals surface area contributed by atoms with Gasteiger partial charge in [-0.2, -0.15) is 5.10 Å². The Balaban J connectivity index is 2.20. The Bertz CT molecular complexity index is 745. The van der Waals surface area contributed by atoms with Crippen LogP contribution in [-0.4, -0.2) is 14.9 Å². The summed E-state index contributed by atoms with van der Waals surface area (Å²) in [7, 11) is 1.86. The summed E-state index contributed by atoms with van der Waals surface area (Å²) in [5.41, 5.74) is 4.40. The number of hydrogen-bond donors (Lipinski definition) is 1. The minimum absolute atomic E-state index is 0.230. The number of aromatic hydroxyl groups is 1. The molecule has 0 aliphatic heterocycles. The molecule has 0 saturated carbocycles. The second-order valence-corrected chi connectivity index (χ2v) is 4.85. The smallest absolute Gasteiger partial charge is 0.169 e. The van der Waals surface area contributed by atoms with E-state index in [1.807, 2.05) is 68.6 Å². The molecule has 2 aromatic carbocycles. The van der Waals surface area contributed by atoms with E-state index in [0.717, 1.165) is 22.4 Å². The van der Waals surface area contributed by atoms with Crippen LogP contribution in [0.1, 0.15) is 5.56 Å². The van der Waals surface area contributed by atoms with Crippen LogP contribution in [0.15, 0.2) is 54.6 Å². The average Bonchev–Trinajstić information content (AvgIpc) is 2.76. The molecule has 0 aliphatic rings. The average molecular weight is 264 g/mol. The molecule has 100 valence electrons. The van der Waals surface area contributed by atoms with Crippen molar-refractivity contribution in [3.63, 3.8) is 0 Å². The van der Waals surface area contributed by atoms with Gasteiger partial charge in [0.05, 0.1) is 0 Å². The molecular formula is C17H16N2O. The summed E-state index contributed by atoms with van der Waals surface area (Å²) in [4.78, 5) is 0. The summed E-state index contributed by atoms with van der Waals surface area (Å²) in [5, 5.41) is 15.0. The number of aryl methyl sites for hydroxylation is 2. The summed E-state index contributed by atoms with van der Waals surface area (Å²) in [6.07, 6.45) is 0. The third-order valence-electron chi connectivity index (χ3n) is 3.47. The number of benzene rings is 2. The Morgan fingerprint density at radius 1 is 0.950 bits per heavy atom. The number of aromatic nitrogens is 2. The fourth-order valence-electron chi connectivity index (χ4n) is 2.44. The molecule has 1 aromatic heterocycles. The molecule has 3 aromatic rings. The molecule has 3 heteroatoms. The monoisotopic (exact) mass is 264 g/mol. The van der Waals surface area contributed by atoms with Gasteiger partial charge in [-0.05, 0) is 12.5 Å². The molecule has 0 radical (unpaired) electrons. The van der Waals surface area contributed by atoms with Crippen LogP contribution in [0.25, 0.3) is 22.5 Å². The summed E-state index contributed by atoms with van der Waals surface area (Å²) in [6, 6.07) is 17.7. The third-order valence-corrected chi connectivity index (χ3v) is 3.47. The maximum atomic E-state index is 10.6. The molecule has 3 nitrogen and oxygen atoms in total. The molecule has 0 spiro atoms. The predicted octanol–water partition coefficient (Wildman–Crippen LogP) is 3.77. The highest BCUT2D eigenvalue weighted by Crippen LogP contribution is 2.38. The summed E-state index contributed by atoms with van der Waals surface area (Å²) >= 11 is 0. The van der Waals surface area contributed by atoms with Gasteiger partial charge in [-0.25, -0.2) is 0 Å². The first-order valence-corrected chi connectivity index (χ1v) is 6.56. The van der Waals surface area contributed by atoms with E-state index in [4.69, 9.17) is 0 Å². The van der Waals surface area contributed by atoms with Crippen molar-refractivity contribution in [3.05, 3.63) is 60.2 Å². The number of rotatable bonds is 2. The molecule has 0 bridgehead atoms. The maximum Gasteiger partial charge on any atom is 0.169 e. The molecule has 0 aliphatic carbocycles. The van der Waals surface area contributed by atoms with Gasteiger partial charge in [-0.15, -0.1) is 0 Å². The highest BCUT2D eigenvalue weighted by atomic mass is 16.3. The molecule has 0 amide bonds. The zero-order valence-corrected chi connectivity index (χ0v) is 11.5. The van der Waals surface area contributed by atoms with Crippen LogP contribution >= 0.6 is 0 Å². The van der Waals surface area contributed by atoms with Crippen molar-refractivity contribution in [2.75, 3.05) is 0 Å². The zero-order valence-electron chi connectivity index (χ0n) is 11.5. The van der Waals surface area contributed by atoms with Gasteiger partial charge in [0, 0.05) is 18.2 Å². The predicted molar refractivity (Wildman–Crippen MR) is 80.5 cm³/mol. The largest absolute Gasteiger partial charge is 0.504 e. The van der Waals surface area contributed by atoms with Crippen LogP contribution in [0.3, 0.4) is 0 Å². The van der Waals surface area contributed by atoms with Gasteiger partial charge < -0.3 is 5.11 Å². The van der Waals surface area contributed by atoms with E-state index in [-0.39, 0.29) is 5.75 Å². The first-order chi connectivity index (χ1) is 9.68. The van der Waals surface area contributed by atoms with Crippen molar-refractivity contribution in [3.8, 4) is 28.3 Å². The minimum atomic E-state index is 0.230. The van der Waals surface area contributed by atoms with Gasteiger partial charge in [0.2, 0.25) is 0 Å². The highest BCUT2D eigenvalue weighted by Gasteiger charge is 2.18. The van der Waals surface area contributed by atoms with E-state index in [1.54, 1.807) is 4.68 Å². The lowest BCUT2D eigenvalue weighted by atomic mass is 10.0. The summed E-state index contributed by atoms with van der Waals surface area (Å²) < 4.78 is 1.74. The van der Waals surface area contributed by atoms with Crippen molar-refractivity contribution in [2.45, 2.75) is 6.92 Å². The first-order valence-electron chi connectivity index (χ1n) is 6.56. The number of hydrogen-bond acceptors (Lipinski definition) is 2. The van der Waals surface area contributed by atoms with Crippen molar-refractivity contribution in [1.29, 1.82) is 0 Å². The Morgan fingerprint density at radius 3 is 2.30 bits per heavy atom. The van der Waals surface area contributed by atoms with Crippen LogP contribution in [0.2, 0.25) is 0 Å². The molecular weight excluding hydrogens is 248 g/mol. The van der Waals surface area contributed by atoms with Gasteiger partial charge in [0.25, 0.3) is 0 Å². The van der Waals surface area contributed by atoms with E-state index < -0.39 is 0 Å². The second-order valence-electron chi connectivity index (χ2n) is 4.85. The molecule has 1 N–H and O–H groups in total. The lowest BCUT2D eigenvalue weighted by molar-refractivity contribution is 0.478. The van der Waals surface area contributed by atoms with Gasteiger partial charge in [-0.1, -0.05) is 54.6 Å². The van der Waals surface area contributed by atoms with E-state index in [9.17, 15) is 5.11 Å². The van der Waals surface area contributed by atoms with Crippen LogP contribution in [0.5, 0.6) is 5.75 Å². The van der Waals surface area contributed by atoms with Gasteiger partial charge in [0.1, 0.15) is 11.4 Å². The first kappa shape index (κ1) is 12.5. The SMILES string of the molecule is Cc1ccccc1-c1c(O)c(-c2ccccc2)nn1C. The van der Waals surface area contributed by atoms with Crippen molar-refractivity contribution >= 4 is 0 Å². The van der Waals surface area contributed by atoms with Gasteiger partial charge >= 0.3 is 0 Å². The molecule has 0 unspecified atom stereocenters. The Kier molecular flexibility index (Phi) is 3.03. The molecule has 0 atom stereocenters. The second kappa shape index (κ2) is 4.85. The van der Waals surface area contributed by atoms with E-state index in [1.165, 1.54) is 0 Å². The van der Waals surface area contributed by atoms with Crippen molar-refractivity contribution in [1.82, 2.24) is 9.78 Å². The Morgan fingerprint density at radius 2 is 1.60 bits per heavy atom. The summed E-state index contributed by atoms with van der Waals surface area (Å²) in [5.74, 6) is 0.230. The zero-order chi connectivity index (χ0) is 14.1. The fraction of sp³-hybridized carbons (Fsp3) is 0.118. The van der Waals surface area contributed by atoms with Crippen molar-refractivity contribution < 1.29 is 5.11 Å². The molecule has 0 fully saturated rings. The standard InChI is InChI=1S/C17H16N2O/c1-12-8-6-7-11-14(12)16-17(20)15(18-19(16)2)13-9-4-3-5-10-13/h3-11,20H,1-2H3. The minimum Gasteiger partial charge on any atom is -0.504 e. The van der Waals surface area contributed by atoms with Gasteiger partial charge in [-0.3, -0.25) is 4.68 Å². The lowest BCUT2D eigenvalue weighted by Gasteiger charge is -2.06. The van der Waals surface area contributed by atoms with E-state index >= 15 is 0 Å². The normalized spacial score (nSPS) is 10.7. The highest BCUT2D eigenvalue weighted by molar-refractivity contribution is 5.79. The van der Waals surface area contributed by atoms with E-state index in [2.05, 4.69) is 5.10 Å². The molecule has 20 heavy (non-hydrogen) atoms. The summed E-state index contributed by atoms with van der Waals surface area (Å²) in [6.45, 7) is 2.03. The Hall–Kier alpha value is -2.55. The third kappa shape index (κ3) is 1.97. The van der Waals surface area contributed by atoms with Crippen LogP contribution in [0.4, 0.5) is 0 Å². The fourth-order valence-corrected chi connectivity index (χ4v) is 2.44. The van der Waals surface area contributed by atoms with Crippen molar-refractivity contribution in [2.24, 2.45) is 7.05 Å². The maximum absolute atomic E-state index is 10.6. The topological polar surface area (TPSA) is 38.1 Å². The quantitative estimate of drug-likeness (QED) is 0.765. The number of nitrogens with zero attached hydrogens (tertiary/aromatic N) is 2. The molecule has 1 heterocycles. The van der Waals surface area contributed by atoms with Crippen LogP contribution < -0.4 is 0 Å². The van der Waals surface area contributed by atoms with Crippen LogP contribution in [0, 0.1) is 6.92 Å². The molecule has 3 rings (SSSR count). The van der Waals surface area contributed by atoms with Gasteiger partial charge in [0.15, 0.2) is 5.75 Å². The van der Waals surface area contributed by atoms with E-state index in [0.29, 0.717) is 5.69 Å². The van der Waals surface area contributed by atoms with Crippen LogP contribution in [-0.2, 0) is 7.05 Å². The lowest BCUT2D eigenvalue weighted by Crippen LogP contribution is -1.95. The Labute approximate surface area is 118 Å².